The van der Waals surface area contributed by atoms with Gasteiger partial charge in [-0.2, -0.15) is 4.98 Å². The van der Waals surface area contributed by atoms with Crippen molar-refractivity contribution in [1.82, 2.24) is 19.4 Å². The second-order valence-corrected chi connectivity index (χ2v) is 6.40. The second kappa shape index (κ2) is 6.62. The normalized spacial score (nSPS) is 19.0. The lowest BCUT2D eigenvalue weighted by atomic mass is 9.98. The average molecular weight is 312 g/mol. The van der Waals surface area contributed by atoms with Crippen LogP contribution in [-0.4, -0.2) is 39.6 Å². The zero-order valence-corrected chi connectivity index (χ0v) is 14.1. The Morgan fingerprint density at radius 3 is 2.87 bits per heavy atom. The summed E-state index contributed by atoms with van der Waals surface area (Å²) in [7, 11) is 2.11. The number of likely N-dealkylation sites (N-methyl/N-ethyl adjacent to an activating group) is 1. The predicted molar refractivity (Wildman–Crippen MR) is 91.2 cm³/mol. The Kier molecular flexibility index (Phi) is 4.57. The van der Waals surface area contributed by atoms with Gasteiger partial charge in [-0.3, -0.25) is 4.57 Å². The molecule has 122 valence electrons. The summed E-state index contributed by atoms with van der Waals surface area (Å²) < 4.78 is 1.59. The lowest BCUT2D eigenvalue weighted by molar-refractivity contribution is 0.245. The molecule has 2 aromatic rings. The van der Waals surface area contributed by atoms with E-state index >= 15 is 0 Å². The number of benzene rings is 1. The fourth-order valence-electron chi connectivity index (χ4n) is 3.42. The van der Waals surface area contributed by atoms with Crippen molar-refractivity contribution >= 4 is 0 Å². The minimum absolute atomic E-state index is 0.229. The van der Waals surface area contributed by atoms with Gasteiger partial charge in [-0.1, -0.05) is 25.1 Å². The summed E-state index contributed by atoms with van der Waals surface area (Å²) in [5.74, 6) is 0.947. The third kappa shape index (κ3) is 3.20. The first kappa shape index (κ1) is 15.9. The van der Waals surface area contributed by atoms with Gasteiger partial charge in [0.1, 0.15) is 12.2 Å². The van der Waals surface area contributed by atoms with E-state index < -0.39 is 0 Å². The van der Waals surface area contributed by atoms with Crippen LogP contribution in [0.4, 0.5) is 0 Å². The maximum Gasteiger partial charge on any atom is 0.355 e. The first-order valence-electron chi connectivity index (χ1n) is 8.33. The molecule has 0 aliphatic carbocycles. The summed E-state index contributed by atoms with van der Waals surface area (Å²) in [6.45, 7) is 6.14. The zero-order chi connectivity index (χ0) is 16.4. The van der Waals surface area contributed by atoms with Crippen LogP contribution in [-0.2, 0) is 6.42 Å². The summed E-state index contributed by atoms with van der Waals surface area (Å²) in [6.07, 6.45) is 4.71. The van der Waals surface area contributed by atoms with Crippen LogP contribution < -0.4 is 5.69 Å². The highest BCUT2D eigenvalue weighted by Gasteiger charge is 2.22. The van der Waals surface area contributed by atoms with Crippen LogP contribution >= 0.6 is 0 Å². The minimum Gasteiger partial charge on any atom is -0.306 e. The molecule has 1 atom stereocenters. The van der Waals surface area contributed by atoms with Crippen LogP contribution in [0.25, 0.3) is 5.69 Å². The molecule has 0 radical (unpaired) electrons. The van der Waals surface area contributed by atoms with Crippen LogP contribution in [0.1, 0.15) is 42.6 Å². The van der Waals surface area contributed by atoms with Crippen molar-refractivity contribution in [1.29, 1.82) is 0 Å². The van der Waals surface area contributed by atoms with Crippen molar-refractivity contribution in [3.63, 3.8) is 0 Å². The first-order valence-corrected chi connectivity index (χ1v) is 8.33. The third-order valence-electron chi connectivity index (χ3n) is 4.65. The molecule has 1 aliphatic heterocycles. The minimum atomic E-state index is -0.229. The molecule has 23 heavy (non-hydrogen) atoms. The quantitative estimate of drug-likeness (QED) is 0.873. The van der Waals surface area contributed by atoms with E-state index in [0.717, 1.165) is 49.2 Å². The number of piperidine rings is 1. The number of para-hydroxylation sites is 1. The molecule has 5 heteroatoms. The molecule has 1 fully saturated rings. The summed E-state index contributed by atoms with van der Waals surface area (Å²) in [5, 5.41) is 0. The molecule has 0 saturated carbocycles. The van der Waals surface area contributed by atoms with Crippen LogP contribution in [0, 0.1) is 6.92 Å². The van der Waals surface area contributed by atoms with Crippen LogP contribution in [0.3, 0.4) is 0 Å². The van der Waals surface area contributed by atoms with Gasteiger partial charge in [0.25, 0.3) is 0 Å². The van der Waals surface area contributed by atoms with Gasteiger partial charge in [0, 0.05) is 12.5 Å². The number of aromatic nitrogens is 3. The molecule has 2 heterocycles. The Morgan fingerprint density at radius 2 is 2.17 bits per heavy atom. The highest BCUT2D eigenvalue weighted by Crippen LogP contribution is 2.23. The molecule has 1 aliphatic rings. The number of hydrogen-bond acceptors (Lipinski definition) is 4. The number of aryl methyl sites for hydroxylation is 2. The number of likely N-dealkylation sites (tertiary alicyclic amines) is 1. The van der Waals surface area contributed by atoms with Gasteiger partial charge >= 0.3 is 5.69 Å². The van der Waals surface area contributed by atoms with E-state index in [-0.39, 0.29) is 11.6 Å². The van der Waals surface area contributed by atoms with Gasteiger partial charge in [-0.15, -0.1) is 0 Å². The zero-order valence-electron chi connectivity index (χ0n) is 14.1. The molecular weight excluding hydrogens is 288 g/mol. The number of hydrogen-bond donors (Lipinski definition) is 0. The summed E-state index contributed by atoms with van der Waals surface area (Å²) in [5.41, 5.74) is 2.90. The SMILES string of the molecule is CCc1cccc(C)c1-n1cnc(C2CCCN(C)C2)nc1=O. The third-order valence-corrected chi connectivity index (χ3v) is 4.65. The van der Waals surface area contributed by atoms with Gasteiger partial charge in [0.05, 0.1) is 5.69 Å². The first-order chi connectivity index (χ1) is 11.1. The predicted octanol–water partition coefficient (Wildman–Crippen LogP) is 2.31. The summed E-state index contributed by atoms with van der Waals surface area (Å²) >= 11 is 0. The lowest BCUT2D eigenvalue weighted by Gasteiger charge is -2.28. The second-order valence-electron chi connectivity index (χ2n) is 6.40. The van der Waals surface area contributed by atoms with Crippen LogP contribution in [0.5, 0.6) is 0 Å². The monoisotopic (exact) mass is 312 g/mol. The molecule has 1 saturated heterocycles. The smallest absolute Gasteiger partial charge is 0.306 e. The van der Waals surface area contributed by atoms with E-state index in [0.29, 0.717) is 5.82 Å². The Hall–Kier alpha value is -2.01. The van der Waals surface area contributed by atoms with Crippen molar-refractivity contribution in [2.45, 2.75) is 39.0 Å². The van der Waals surface area contributed by atoms with Crippen molar-refractivity contribution in [3.05, 3.63) is 52.0 Å². The molecule has 0 amide bonds. The molecular formula is C18H24N4O. The fourth-order valence-corrected chi connectivity index (χ4v) is 3.42. The van der Waals surface area contributed by atoms with Crippen molar-refractivity contribution in [2.24, 2.45) is 0 Å². The van der Waals surface area contributed by atoms with Gasteiger partial charge in [-0.05, 0) is 50.9 Å². The molecule has 0 spiro atoms. The van der Waals surface area contributed by atoms with E-state index in [2.05, 4.69) is 34.9 Å². The van der Waals surface area contributed by atoms with Crippen LogP contribution in [0.2, 0.25) is 0 Å². The lowest BCUT2D eigenvalue weighted by Crippen LogP contribution is -2.34. The topological polar surface area (TPSA) is 51.0 Å². The van der Waals surface area contributed by atoms with Gasteiger partial charge < -0.3 is 4.90 Å². The van der Waals surface area contributed by atoms with E-state index in [1.54, 1.807) is 10.9 Å². The van der Waals surface area contributed by atoms with E-state index in [9.17, 15) is 4.79 Å². The fraction of sp³-hybridized carbons (Fsp3) is 0.500. The molecule has 0 N–H and O–H groups in total. The molecule has 1 unspecified atom stereocenters. The maximum absolute atomic E-state index is 12.6. The Bertz CT molecular complexity index is 753. The maximum atomic E-state index is 12.6. The molecule has 0 bridgehead atoms. The molecule has 1 aromatic carbocycles. The summed E-state index contributed by atoms with van der Waals surface area (Å²) in [4.78, 5) is 23.7. The largest absolute Gasteiger partial charge is 0.355 e. The highest BCUT2D eigenvalue weighted by molar-refractivity contribution is 5.47. The van der Waals surface area contributed by atoms with Crippen molar-refractivity contribution in [2.75, 3.05) is 20.1 Å². The van der Waals surface area contributed by atoms with E-state index in [1.165, 1.54) is 0 Å². The Morgan fingerprint density at radius 1 is 1.35 bits per heavy atom. The van der Waals surface area contributed by atoms with Crippen molar-refractivity contribution in [3.8, 4) is 5.69 Å². The van der Waals surface area contributed by atoms with E-state index in [1.807, 2.05) is 19.1 Å². The number of nitrogens with zero attached hydrogens (tertiary/aromatic N) is 4. The Labute approximate surface area is 137 Å². The van der Waals surface area contributed by atoms with Gasteiger partial charge in [0.2, 0.25) is 0 Å². The standard InChI is InChI=1S/C18H24N4O/c1-4-14-8-5-7-13(2)16(14)22-12-19-17(20-18(22)23)15-9-6-10-21(3)11-15/h5,7-8,12,15H,4,6,9-11H2,1-3H3. The molecule has 1 aromatic heterocycles. The van der Waals surface area contributed by atoms with Gasteiger partial charge in [0.15, 0.2) is 0 Å². The summed E-state index contributed by atoms with van der Waals surface area (Å²) in [6, 6.07) is 6.10. The van der Waals surface area contributed by atoms with E-state index in [4.69, 9.17) is 0 Å². The highest BCUT2D eigenvalue weighted by atomic mass is 16.1. The van der Waals surface area contributed by atoms with Crippen LogP contribution in [0.15, 0.2) is 29.3 Å². The number of rotatable bonds is 3. The molecule has 3 rings (SSSR count). The average Bonchev–Trinajstić information content (AvgIpc) is 2.55. The van der Waals surface area contributed by atoms with Crippen molar-refractivity contribution < 1.29 is 0 Å². The van der Waals surface area contributed by atoms with Gasteiger partial charge in [-0.25, -0.2) is 9.78 Å². The Balaban J connectivity index is 1.99. The molecule has 5 nitrogen and oxygen atoms in total.